The summed E-state index contributed by atoms with van der Waals surface area (Å²) in [5, 5.41) is 9.33. The van der Waals surface area contributed by atoms with Gasteiger partial charge in [0.1, 0.15) is 0 Å². The van der Waals surface area contributed by atoms with Gasteiger partial charge in [-0.25, -0.2) is 0 Å². The van der Waals surface area contributed by atoms with Gasteiger partial charge in [0.25, 0.3) is 0 Å². The third kappa shape index (κ3) is 5.17. The van der Waals surface area contributed by atoms with E-state index in [9.17, 15) is 5.11 Å². The summed E-state index contributed by atoms with van der Waals surface area (Å²) in [5.74, 6) is 0. The number of benzene rings is 2. The molecule has 0 bridgehead atoms. The van der Waals surface area contributed by atoms with Crippen LogP contribution in [0.3, 0.4) is 0 Å². The molecule has 2 aromatic carbocycles. The van der Waals surface area contributed by atoms with Gasteiger partial charge in [0.2, 0.25) is 0 Å². The van der Waals surface area contributed by atoms with Crippen molar-refractivity contribution in [1.82, 2.24) is 4.90 Å². The summed E-state index contributed by atoms with van der Waals surface area (Å²) in [4.78, 5) is 2.42. The van der Waals surface area contributed by atoms with E-state index in [4.69, 9.17) is 4.74 Å². The normalized spacial score (nSPS) is 20.4. The molecule has 0 spiro atoms. The molecule has 0 atom stereocenters. The first kappa shape index (κ1) is 16.2. The molecule has 1 aliphatic rings. The number of rotatable bonds is 8. The average molecular weight is 311 g/mol. The van der Waals surface area contributed by atoms with Gasteiger partial charge in [-0.15, -0.1) is 0 Å². The second-order valence-corrected chi connectivity index (χ2v) is 6.30. The Bertz CT molecular complexity index is 525. The van der Waals surface area contributed by atoms with E-state index < -0.39 is 0 Å². The predicted octanol–water partition coefficient (Wildman–Crippen LogP) is 3.23. The Kier molecular flexibility index (Phi) is 5.81. The van der Waals surface area contributed by atoms with Crippen molar-refractivity contribution in [2.75, 3.05) is 13.2 Å². The highest BCUT2D eigenvalue weighted by Gasteiger charge is 2.27. The molecule has 0 saturated heterocycles. The summed E-state index contributed by atoms with van der Waals surface area (Å²) in [6, 6.07) is 21.1. The van der Waals surface area contributed by atoms with Gasteiger partial charge in [-0.05, 0) is 24.0 Å². The molecule has 122 valence electrons. The Labute approximate surface area is 138 Å². The summed E-state index contributed by atoms with van der Waals surface area (Å²) in [6.07, 6.45) is 1.68. The summed E-state index contributed by atoms with van der Waals surface area (Å²) in [7, 11) is 0. The van der Waals surface area contributed by atoms with E-state index in [2.05, 4.69) is 65.6 Å². The van der Waals surface area contributed by atoms with Crippen molar-refractivity contribution in [3.63, 3.8) is 0 Å². The number of aliphatic hydroxyl groups excluding tert-OH is 1. The second kappa shape index (κ2) is 8.25. The maximum Gasteiger partial charge on any atom is 0.0625 e. The molecule has 1 fully saturated rings. The lowest BCUT2D eigenvalue weighted by molar-refractivity contribution is -0.0751. The molecule has 1 N–H and O–H groups in total. The molecule has 1 saturated carbocycles. The first-order chi connectivity index (χ1) is 11.3. The molecule has 0 heterocycles. The molecular weight excluding hydrogens is 286 g/mol. The highest BCUT2D eigenvalue weighted by molar-refractivity contribution is 5.17. The van der Waals surface area contributed by atoms with Crippen molar-refractivity contribution >= 4 is 0 Å². The van der Waals surface area contributed by atoms with Crippen molar-refractivity contribution in [2.24, 2.45) is 0 Å². The molecule has 0 amide bonds. The van der Waals surface area contributed by atoms with Crippen LogP contribution in [0.2, 0.25) is 0 Å². The number of aliphatic hydroxyl groups is 1. The molecule has 23 heavy (non-hydrogen) atoms. The van der Waals surface area contributed by atoms with Crippen LogP contribution in [0.25, 0.3) is 0 Å². The number of ether oxygens (including phenoxy) is 1. The van der Waals surface area contributed by atoms with Crippen LogP contribution in [0.5, 0.6) is 0 Å². The van der Waals surface area contributed by atoms with Crippen molar-refractivity contribution in [3.8, 4) is 0 Å². The molecule has 1 aliphatic carbocycles. The van der Waals surface area contributed by atoms with Crippen molar-refractivity contribution < 1.29 is 9.84 Å². The van der Waals surface area contributed by atoms with E-state index in [-0.39, 0.29) is 12.2 Å². The lowest BCUT2D eigenvalue weighted by Gasteiger charge is -2.32. The van der Waals surface area contributed by atoms with Gasteiger partial charge in [-0.2, -0.15) is 0 Å². The fourth-order valence-corrected chi connectivity index (χ4v) is 2.92. The van der Waals surface area contributed by atoms with Gasteiger partial charge in [0, 0.05) is 19.6 Å². The van der Waals surface area contributed by atoms with Gasteiger partial charge < -0.3 is 9.84 Å². The van der Waals surface area contributed by atoms with Crippen LogP contribution >= 0.6 is 0 Å². The Morgan fingerprint density at radius 2 is 1.39 bits per heavy atom. The van der Waals surface area contributed by atoms with Crippen molar-refractivity contribution in [2.45, 2.75) is 38.1 Å². The zero-order chi connectivity index (χ0) is 15.9. The fourth-order valence-electron chi connectivity index (χ4n) is 2.92. The Balaban J connectivity index is 1.54. The first-order valence-corrected chi connectivity index (χ1v) is 8.39. The van der Waals surface area contributed by atoms with Gasteiger partial charge in [0.05, 0.1) is 18.8 Å². The Morgan fingerprint density at radius 3 is 1.87 bits per heavy atom. The van der Waals surface area contributed by atoms with E-state index in [1.807, 2.05) is 0 Å². The molecule has 0 radical (unpaired) electrons. The number of hydrogen-bond donors (Lipinski definition) is 1. The predicted molar refractivity (Wildman–Crippen MR) is 92.0 cm³/mol. The molecule has 3 nitrogen and oxygen atoms in total. The fraction of sp³-hybridized carbons (Fsp3) is 0.400. The van der Waals surface area contributed by atoms with E-state index in [1.165, 1.54) is 11.1 Å². The van der Waals surface area contributed by atoms with E-state index >= 15 is 0 Å². The largest absolute Gasteiger partial charge is 0.393 e. The second-order valence-electron chi connectivity index (χ2n) is 6.30. The molecule has 3 heteroatoms. The lowest BCUT2D eigenvalue weighted by atomic mass is 9.92. The zero-order valence-electron chi connectivity index (χ0n) is 13.5. The summed E-state index contributed by atoms with van der Waals surface area (Å²) in [6.45, 7) is 3.46. The van der Waals surface area contributed by atoms with Crippen LogP contribution in [-0.2, 0) is 17.8 Å². The topological polar surface area (TPSA) is 32.7 Å². The first-order valence-electron chi connectivity index (χ1n) is 8.39. The minimum absolute atomic E-state index is 0.148. The summed E-state index contributed by atoms with van der Waals surface area (Å²) in [5.41, 5.74) is 2.64. The SMILES string of the molecule is OC1CC(OCCN(Cc2ccccc2)Cc2ccccc2)C1. The third-order valence-corrected chi connectivity index (χ3v) is 4.33. The highest BCUT2D eigenvalue weighted by atomic mass is 16.5. The third-order valence-electron chi connectivity index (χ3n) is 4.33. The van der Waals surface area contributed by atoms with E-state index in [0.29, 0.717) is 0 Å². The van der Waals surface area contributed by atoms with Gasteiger partial charge in [-0.1, -0.05) is 60.7 Å². The smallest absolute Gasteiger partial charge is 0.0625 e. The molecule has 2 aromatic rings. The average Bonchev–Trinajstić information content (AvgIpc) is 2.55. The number of nitrogens with zero attached hydrogens (tertiary/aromatic N) is 1. The highest BCUT2D eigenvalue weighted by Crippen LogP contribution is 2.22. The van der Waals surface area contributed by atoms with Crippen molar-refractivity contribution in [3.05, 3.63) is 71.8 Å². The lowest BCUT2D eigenvalue weighted by Crippen LogP contribution is -2.37. The minimum Gasteiger partial charge on any atom is -0.393 e. The van der Waals surface area contributed by atoms with Crippen LogP contribution in [0.1, 0.15) is 24.0 Å². The van der Waals surface area contributed by atoms with Crippen molar-refractivity contribution in [1.29, 1.82) is 0 Å². The molecule has 3 rings (SSSR count). The van der Waals surface area contributed by atoms with Crippen LogP contribution in [0.15, 0.2) is 60.7 Å². The molecule has 0 aromatic heterocycles. The van der Waals surface area contributed by atoms with Crippen LogP contribution in [0, 0.1) is 0 Å². The minimum atomic E-state index is -0.148. The van der Waals surface area contributed by atoms with E-state index in [0.717, 1.165) is 39.1 Å². The summed E-state index contributed by atoms with van der Waals surface area (Å²) < 4.78 is 5.85. The molecular formula is C20H25NO2. The Hall–Kier alpha value is -1.68. The Morgan fingerprint density at radius 1 is 0.870 bits per heavy atom. The summed E-state index contributed by atoms with van der Waals surface area (Å²) >= 11 is 0. The monoisotopic (exact) mass is 311 g/mol. The number of hydrogen-bond acceptors (Lipinski definition) is 3. The van der Waals surface area contributed by atoms with Crippen LogP contribution < -0.4 is 0 Å². The quantitative estimate of drug-likeness (QED) is 0.812. The van der Waals surface area contributed by atoms with Gasteiger partial charge in [-0.3, -0.25) is 4.90 Å². The van der Waals surface area contributed by atoms with Crippen LogP contribution in [-0.4, -0.2) is 35.4 Å². The standard InChI is InChI=1S/C20H25NO2/c22-19-13-20(14-19)23-12-11-21(15-17-7-3-1-4-8-17)16-18-9-5-2-6-10-18/h1-10,19-20,22H,11-16H2. The van der Waals surface area contributed by atoms with Gasteiger partial charge in [0.15, 0.2) is 0 Å². The zero-order valence-corrected chi connectivity index (χ0v) is 13.5. The maximum atomic E-state index is 9.33. The molecule has 0 unspecified atom stereocenters. The van der Waals surface area contributed by atoms with E-state index in [1.54, 1.807) is 0 Å². The molecule has 0 aliphatic heterocycles. The van der Waals surface area contributed by atoms with Crippen LogP contribution in [0.4, 0.5) is 0 Å². The van der Waals surface area contributed by atoms with Gasteiger partial charge >= 0.3 is 0 Å². The maximum absolute atomic E-state index is 9.33.